The molecule has 0 saturated carbocycles. The van der Waals surface area contributed by atoms with E-state index in [-0.39, 0.29) is 24.8 Å². The molecule has 7 rings (SSSR count). The number of aliphatic hydroxyl groups is 1. The fourth-order valence-corrected chi connectivity index (χ4v) is 10.1. The number of nitrogens with zero attached hydrogens (tertiary/aromatic N) is 2. The fraction of sp³-hybridized carbons (Fsp3) is 0.278. The van der Waals surface area contributed by atoms with E-state index in [0.29, 0.717) is 46.2 Å². The average molecular weight is 623 g/mol. The monoisotopic (exact) mass is 622 g/mol. The van der Waals surface area contributed by atoms with Crippen molar-refractivity contribution < 1.29 is 28.3 Å². The molecule has 1 N–H and O–H groups in total. The van der Waals surface area contributed by atoms with Gasteiger partial charge in [-0.1, -0.05) is 61.5 Å². The Morgan fingerprint density at radius 2 is 1.58 bits per heavy atom. The smallest absolute Gasteiger partial charge is 0.266 e. The number of benzene rings is 4. The van der Waals surface area contributed by atoms with Gasteiger partial charge in [0.25, 0.3) is 11.8 Å². The molecule has 4 atom stereocenters. The molecule has 2 amide bonds. The summed E-state index contributed by atoms with van der Waals surface area (Å²) >= 11 is 0. The van der Waals surface area contributed by atoms with Crippen molar-refractivity contribution in [2.45, 2.75) is 50.2 Å². The van der Waals surface area contributed by atoms with E-state index in [4.69, 9.17) is 9.47 Å². The van der Waals surface area contributed by atoms with Crippen LogP contribution in [0.4, 0.5) is 21.2 Å². The number of aliphatic hydroxyl groups excluding tert-OH is 1. The van der Waals surface area contributed by atoms with E-state index in [2.05, 4.69) is 0 Å². The van der Waals surface area contributed by atoms with Crippen LogP contribution >= 0.6 is 0 Å². The van der Waals surface area contributed by atoms with Crippen LogP contribution in [0.2, 0.25) is 18.6 Å². The van der Waals surface area contributed by atoms with E-state index < -0.39 is 31.6 Å². The maximum absolute atomic E-state index is 16.1. The molecule has 45 heavy (non-hydrogen) atoms. The van der Waals surface area contributed by atoms with E-state index in [0.717, 1.165) is 5.56 Å². The number of hydrogen-bond acceptors (Lipinski definition) is 5. The van der Waals surface area contributed by atoms with Gasteiger partial charge >= 0.3 is 0 Å². The molecule has 0 bridgehead atoms. The molecule has 3 aliphatic heterocycles. The number of anilines is 3. The van der Waals surface area contributed by atoms with Gasteiger partial charge in [0.15, 0.2) is 11.4 Å². The lowest BCUT2D eigenvalue weighted by Crippen LogP contribution is -2.45. The summed E-state index contributed by atoms with van der Waals surface area (Å²) in [6, 6.07) is 29.7. The molecule has 0 unspecified atom stereocenters. The summed E-state index contributed by atoms with van der Waals surface area (Å²) in [5, 5.41) is 9.94. The molecule has 3 heterocycles. The second-order valence-electron chi connectivity index (χ2n) is 12.6. The van der Waals surface area contributed by atoms with Crippen LogP contribution in [0.5, 0.6) is 11.5 Å². The maximum Gasteiger partial charge on any atom is 0.266 e. The Morgan fingerprint density at radius 3 is 2.31 bits per heavy atom. The van der Waals surface area contributed by atoms with E-state index in [1.165, 1.54) is 0 Å². The zero-order chi connectivity index (χ0) is 31.5. The van der Waals surface area contributed by atoms with E-state index in [9.17, 15) is 14.7 Å². The number of fused-ring (bicyclic) bond motifs is 4. The molecule has 9 heteroatoms. The Balaban J connectivity index is 1.42. The Kier molecular flexibility index (Phi) is 7.15. The number of carbonyl (C=O) groups excluding carboxylic acids is 2. The van der Waals surface area contributed by atoms with Gasteiger partial charge < -0.3 is 23.6 Å². The fourth-order valence-electron chi connectivity index (χ4n) is 7.56. The second-order valence-corrected chi connectivity index (χ2v) is 16.4. The molecular weight excluding hydrogens is 587 g/mol. The quantitative estimate of drug-likeness (QED) is 0.178. The van der Waals surface area contributed by atoms with Crippen LogP contribution in [0.3, 0.4) is 0 Å². The number of halogens is 1. The molecule has 0 aliphatic carbocycles. The molecule has 7 nitrogen and oxygen atoms in total. The molecular formula is C36H35FN2O5Si. The van der Waals surface area contributed by atoms with Crippen molar-refractivity contribution in [3.05, 3.63) is 114 Å². The largest absolute Gasteiger partial charge is 0.454 e. The molecule has 1 spiro atoms. The first-order valence-corrected chi connectivity index (χ1v) is 18.3. The number of hydrogen-bond donors (Lipinski definition) is 1. The summed E-state index contributed by atoms with van der Waals surface area (Å²) < 4.78 is 29.0. The summed E-state index contributed by atoms with van der Waals surface area (Å²) in [4.78, 5) is 32.3. The van der Waals surface area contributed by atoms with Gasteiger partial charge in [-0.15, -0.1) is 0 Å². The first kappa shape index (κ1) is 29.4. The van der Waals surface area contributed by atoms with Crippen molar-refractivity contribution in [3.8, 4) is 11.5 Å². The minimum atomic E-state index is -3.37. The Hall–Kier alpha value is -4.31. The highest BCUT2D eigenvalue weighted by Gasteiger charge is 2.66. The maximum atomic E-state index is 16.1. The van der Waals surface area contributed by atoms with Crippen molar-refractivity contribution in [1.82, 2.24) is 0 Å². The first-order chi connectivity index (χ1) is 21.6. The van der Waals surface area contributed by atoms with Gasteiger partial charge in [-0.2, -0.15) is 0 Å². The molecule has 1 fully saturated rings. The highest BCUT2D eigenvalue weighted by molar-refractivity contribution is 6.72. The zero-order valence-electron chi connectivity index (χ0n) is 25.4. The van der Waals surface area contributed by atoms with Crippen molar-refractivity contribution in [2.24, 2.45) is 5.92 Å². The van der Waals surface area contributed by atoms with Crippen LogP contribution in [0.25, 0.3) is 0 Å². The molecule has 1 saturated heterocycles. The summed E-state index contributed by atoms with van der Waals surface area (Å²) in [5.74, 6) is -0.0720. The zero-order valence-corrected chi connectivity index (χ0v) is 26.4. The van der Waals surface area contributed by atoms with Crippen molar-refractivity contribution in [1.29, 1.82) is 0 Å². The van der Waals surface area contributed by atoms with E-state index in [1.54, 1.807) is 41.1 Å². The highest BCUT2D eigenvalue weighted by atomic mass is 28.4. The topological polar surface area (TPSA) is 79.3 Å². The average Bonchev–Trinajstić information content (AvgIpc) is 3.39. The van der Waals surface area contributed by atoms with Gasteiger partial charge in [0, 0.05) is 29.3 Å². The predicted molar refractivity (Wildman–Crippen MR) is 173 cm³/mol. The van der Waals surface area contributed by atoms with Gasteiger partial charge in [-0.25, -0.2) is 0 Å². The Labute approximate surface area is 263 Å². The van der Waals surface area contributed by atoms with Crippen molar-refractivity contribution in [2.75, 3.05) is 16.4 Å². The van der Waals surface area contributed by atoms with Crippen LogP contribution in [-0.2, 0) is 21.7 Å². The lowest BCUT2D eigenvalue weighted by atomic mass is 9.82. The van der Waals surface area contributed by atoms with Gasteiger partial charge in [0.2, 0.25) is 8.41 Å². The van der Waals surface area contributed by atoms with Gasteiger partial charge in [0.05, 0.1) is 29.6 Å². The van der Waals surface area contributed by atoms with Gasteiger partial charge in [0.1, 0.15) is 5.75 Å². The first-order valence-electron chi connectivity index (χ1n) is 15.3. The summed E-state index contributed by atoms with van der Waals surface area (Å²) in [6.45, 7) is 5.31. The minimum absolute atomic E-state index is 0.179. The minimum Gasteiger partial charge on any atom is -0.454 e. The van der Waals surface area contributed by atoms with Crippen molar-refractivity contribution >= 4 is 37.3 Å². The number of rotatable bonds is 6. The molecule has 4 aromatic carbocycles. The third-order valence-electron chi connectivity index (χ3n) is 9.45. The van der Waals surface area contributed by atoms with E-state index >= 15 is 4.11 Å². The number of para-hydroxylation sites is 3. The Bertz CT molecular complexity index is 1790. The molecule has 230 valence electrons. The number of ether oxygens (including phenoxy) is 2. The van der Waals surface area contributed by atoms with Crippen LogP contribution in [0, 0.1) is 5.92 Å². The standard InChI is InChI=1S/C36H35FN2O5Si/c1-23-33(45(2,3)37)32(19-20-40)44-36(23)27-21-25(17-18-28(27)38(35(36)42)22-24-11-5-4-6-12-24)39-29-14-8-10-16-31(29)43-30-15-9-7-13-26(30)34(39)41/h4-18,21,23,32-33,40H,19-20,22H2,1-3H3/t23-,32+,33-,36+/m1/s1. The summed E-state index contributed by atoms with van der Waals surface area (Å²) in [7, 11) is -3.37. The van der Waals surface area contributed by atoms with Crippen LogP contribution in [-0.4, -0.2) is 38.0 Å². The summed E-state index contributed by atoms with van der Waals surface area (Å²) in [6.07, 6.45) is -0.404. The third-order valence-corrected chi connectivity index (χ3v) is 11.9. The van der Waals surface area contributed by atoms with Crippen LogP contribution < -0.4 is 14.5 Å². The molecule has 0 radical (unpaired) electrons. The number of amides is 2. The summed E-state index contributed by atoms with van der Waals surface area (Å²) in [5.41, 5.74) is 1.70. The van der Waals surface area contributed by atoms with Gasteiger partial charge in [-0.3, -0.25) is 14.5 Å². The third kappa shape index (κ3) is 4.60. The molecule has 4 aromatic rings. The van der Waals surface area contributed by atoms with Crippen LogP contribution in [0.1, 0.15) is 34.8 Å². The highest BCUT2D eigenvalue weighted by Crippen LogP contribution is 2.61. The van der Waals surface area contributed by atoms with Gasteiger partial charge in [-0.05, 0) is 67.5 Å². The lowest BCUT2D eigenvalue weighted by Gasteiger charge is -2.31. The van der Waals surface area contributed by atoms with E-state index in [1.807, 2.05) is 85.8 Å². The lowest BCUT2D eigenvalue weighted by molar-refractivity contribution is -0.146. The normalized spacial score (nSPS) is 23.9. The van der Waals surface area contributed by atoms with Crippen molar-refractivity contribution in [3.63, 3.8) is 0 Å². The van der Waals surface area contributed by atoms with Crippen LogP contribution in [0.15, 0.2) is 97.1 Å². The Morgan fingerprint density at radius 1 is 0.889 bits per heavy atom. The predicted octanol–water partition coefficient (Wildman–Crippen LogP) is 7.48. The molecule has 0 aromatic heterocycles. The molecule has 3 aliphatic rings. The number of carbonyl (C=O) groups is 2. The second kappa shape index (κ2) is 10.9. The SMILES string of the molecule is C[C@@H]1[C@@H]([Si](C)(C)F)[C@H](CCO)O[C@@]12C(=O)N(Cc1ccccc1)c1ccc(N3C(=O)c4ccccc4Oc4ccccc43)cc12.